The predicted octanol–water partition coefficient (Wildman–Crippen LogP) is 4.22. The lowest BCUT2D eigenvalue weighted by molar-refractivity contribution is -0.0164. The average Bonchev–Trinajstić information content (AvgIpc) is 3.29. The van der Waals surface area contributed by atoms with Crippen molar-refractivity contribution in [2.45, 2.75) is 58.2 Å². The summed E-state index contributed by atoms with van der Waals surface area (Å²) >= 11 is 0. The molecule has 0 radical (unpaired) electrons. The third kappa shape index (κ3) is 4.85. The molecule has 4 nitrogen and oxygen atoms in total. The van der Waals surface area contributed by atoms with E-state index in [0.717, 1.165) is 32.5 Å². The molecule has 1 aliphatic carbocycles. The van der Waals surface area contributed by atoms with Gasteiger partial charge in [-0.1, -0.05) is 42.0 Å². The van der Waals surface area contributed by atoms with E-state index in [0.29, 0.717) is 6.54 Å². The number of carbonyl (C=O) groups is 1. The summed E-state index contributed by atoms with van der Waals surface area (Å²) in [6.45, 7) is 11.3. The minimum absolute atomic E-state index is 0.202. The van der Waals surface area contributed by atoms with Crippen LogP contribution >= 0.6 is 0 Å². The van der Waals surface area contributed by atoms with E-state index >= 15 is 0 Å². The standard InChI is InChI=1S/C21H30N2O2/c1-20(2,3)25-19(24)23-13-12-22(15-18-8-6-5-7-9-18)16-21(23,4)14-17-10-11-17/h5-9,14H,10-13,15-16H2,1-4H3. The van der Waals surface area contributed by atoms with E-state index in [1.165, 1.54) is 11.1 Å². The van der Waals surface area contributed by atoms with E-state index in [1.807, 2.05) is 31.7 Å². The zero-order chi connectivity index (χ0) is 18.1. The number of carbonyl (C=O) groups excluding carboxylic acids is 1. The summed E-state index contributed by atoms with van der Waals surface area (Å²) in [7, 11) is 0. The quantitative estimate of drug-likeness (QED) is 0.771. The maximum Gasteiger partial charge on any atom is 0.411 e. The zero-order valence-corrected chi connectivity index (χ0v) is 15.9. The molecule has 0 spiro atoms. The van der Waals surface area contributed by atoms with Crippen molar-refractivity contribution in [1.29, 1.82) is 0 Å². The second-order valence-electron chi connectivity index (χ2n) is 8.49. The molecular formula is C21H30N2O2. The van der Waals surface area contributed by atoms with E-state index in [4.69, 9.17) is 4.74 Å². The number of ether oxygens (including phenoxy) is 1. The maximum absolute atomic E-state index is 12.8. The normalized spacial score (nSPS) is 24.2. The van der Waals surface area contributed by atoms with E-state index in [9.17, 15) is 4.79 Å². The molecule has 25 heavy (non-hydrogen) atoms. The van der Waals surface area contributed by atoms with E-state index in [1.54, 1.807) is 0 Å². The summed E-state index contributed by atoms with van der Waals surface area (Å²) in [4.78, 5) is 17.1. The first kappa shape index (κ1) is 18.0. The monoisotopic (exact) mass is 342 g/mol. The summed E-state index contributed by atoms with van der Waals surface area (Å²) in [6, 6.07) is 10.5. The van der Waals surface area contributed by atoms with Crippen LogP contribution < -0.4 is 0 Å². The van der Waals surface area contributed by atoms with Gasteiger partial charge in [-0.05, 0) is 46.1 Å². The molecule has 2 aliphatic rings. The van der Waals surface area contributed by atoms with Crippen LogP contribution in [0.15, 0.2) is 42.0 Å². The van der Waals surface area contributed by atoms with E-state index in [-0.39, 0.29) is 11.6 Å². The van der Waals surface area contributed by atoms with Gasteiger partial charge in [0.1, 0.15) is 5.60 Å². The fourth-order valence-corrected chi connectivity index (χ4v) is 3.49. The van der Waals surface area contributed by atoms with Gasteiger partial charge in [0.25, 0.3) is 0 Å². The Hall–Kier alpha value is -1.81. The zero-order valence-electron chi connectivity index (χ0n) is 15.9. The van der Waals surface area contributed by atoms with Gasteiger partial charge >= 0.3 is 6.09 Å². The minimum Gasteiger partial charge on any atom is -0.444 e. The Balaban J connectivity index is 1.75. The second-order valence-corrected chi connectivity index (χ2v) is 8.49. The second kappa shape index (κ2) is 6.83. The van der Waals surface area contributed by atoms with Crippen LogP contribution in [0, 0.1) is 0 Å². The van der Waals surface area contributed by atoms with Gasteiger partial charge in [0.2, 0.25) is 0 Å². The Bertz CT molecular complexity index is 642. The smallest absolute Gasteiger partial charge is 0.411 e. The topological polar surface area (TPSA) is 32.8 Å². The van der Waals surface area contributed by atoms with Gasteiger partial charge in [0.05, 0.1) is 5.54 Å². The molecule has 1 aromatic rings. The third-order valence-electron chi connectivity index (χ3n) is 4.72. The molecule has 1 unspecified atom stereocenters. The van der Waals surface area contributed by atoms with Crippen molar-refractivity contribution >= 4 is 6.09 Å². The van der Waals surface area contributed by atoms with Crippen LogP contribution in [0.4, 0.5) is 4.79 Å². The fourth-order valence-electron chi connectivity index (χ4n) is 3.49. The molecule has 1 heterocycles. The van der Waals surface area contributed by atoms with Gasteiger partial charge in [-0.3, -0.25) is 9.80 Å². The van der Waals surface area contributed by atoms with Crippen LogP contribution in [0.5, 0.6) is 0 Å². The van der Waals surface area contributed by atoms with Gasteiger partial charge in [-0.25, -0.2) is 4.79 Å². The molecule has 1 saturated heterocycles. The molecule has 1 amide bonds. The highest BCUT2D eigenvalue weighted by Crippen LogP contribution is 2.35. The molecule has 1 aromatic carbocycles. The molecule has 4 heteroatoms. The van der Waals surface area contributed by atoms with Crippen LogP contribution in [0.3, 0.4) is 0 Å². The first-order chi connectivity index (χ1) is 11.8. The van der Waals surface area contributed by atoms with Crippen LogP contribution in [0.2, 0.25) is 0 Å². The summed E-state index contributed by atoms with van der Waals surface area (Å²) < 4.78 is 5.67. The molecular weight excluding hydrogens is 312 g/mol. The van der Waals surface area contributed by atoms with Crippen molar-refractivity contribution < 1.29 is 9.53 Å². The van der Waals surface area contributed by atoms with Gasteiger partial charge in [0, 0.05) is 26.2 Å². The third-order valence-corrected chi connectivity index (χ3v) is 4.72. The van der Waals surface area contributed by atoms with Crippen molar-refractivity contribution in [2.75, 3.05) is 19.6 Å². The summed E-state index contributed by atoms with van der Waals surface area (Å²) in [6.07, 6.45) is 4.42. The molecule has 0 N–H and O–H groups in total. The number of hydrogen-bond donors (Lipinski definition) is 0. The fraction of sp³-hybridized carbons (Fsp3) is 0.571. The maximum atomic E-state index is 12.8. The molecule has 2 fully saturated rings. The van der Waals surface area contributed by atoms with Crippen molar-refractivity contribution in [3.05, 3.63) is 47.5 Å². The summed E-state index contributed by atoms with van der Waals surface area (Å²) in [5.41, 5.74) is 2.00. The lowest BCUT2D eigenvalue weighted by Crippen LogP contribution is -2.62. The lowest BCUT2D eigenvalue weighted by Gasteiger charge is -2.47. The van der Waals surface area contributed by atoms with Crippen LogP contribution in [-0.4, -0.2) is 46.7 Å². The van der Waals surface area contributed by atoms with E-state index in [2.05, 4.69) is 42.2 Å². The Morgan fingerprint density at radius 1 is 1.20 bits per heavy atom. The number of allylic oxidation sites excluding steroid dienone is 1. The first-order valence-corrected chi connectivity index (χ1v) is 9.23. The number of nitrogens with zero attached hydrogens (tertiary/aromatic N) is 2. The number of hydrogen-bond acceptors (Lipinski definition) is 3. The van der Waals surface area contributed by atoms with Gasteiger partial charge in [-0.15, -0.1) is 0 Å². The van der Waals surface area contributed by atoms with Gasteiger partial charge in [0.15, 0.2) is 0 Å². The Labute approximate surface area is 151 Å². The lowest BCUT2D eigenvalue weighted by atomic mass is 9.95. The van der Waals surface area contributed by atoms with Crippen molar-refractivity contribution in [1.82, 2.24) is 9.80 Å². The Kier molecular flexibility index (Phi) is 4.92. The first-order valence-electron chi connectivity index (χ1n) is 9.23. The number of amides is 1. The summed E-state index contributed by atoms with van der Waals surface area (Å²) in [5, 5.41) is 0. The van der Waals surface area contributed by atoms with Crippen molar-refractivity contribution in [3.63, 3.8) is 0 Å². The van der Waals surface area contributed by atoms with Crippen molar-refractivity contribution in [3.8, 4) is 0 Å². The number of piperazine rings is 1. The van der Waals surface area contributed by atoms with Gasteiger partial charge < -0.3 is 4.74 Å². The molecule has 1 saturated carbocycles. The molecule has 1 atom stereocenters. The van der Waals surface area contributed by atoms with Crippen molar-refractivity contribution in [2.24, 2.45) is 0 Å². The Morgan fingerprint density at radius 2 is 1.88 bits per heavy atom. The highest BCUT2D eigenvalue weighted by molar-refractivity contribution is 5.70. The molecule has 136 valence electrons. The van der Waals surface area contributed by atoms with E-state index < -0.39 is 5.60 Å². The number of benzene rings is 1. The van der Waals surface area contributed by atoms with Gasteiger partial charge in [-0.2, -0.15) is 0 Å². The van der Waals surface area contributed by atoms with Crippen LogP contribution in [0.1, 0.15) is 46.1 Å². The minimum atomic E-state index is -0.466. The molecule has 0 bridgehead atoms. The largest absolute Gasteiger partial charge is 0.444 e. The van der Waals surface area contributed by atoms with Crippen LogP contribution in [0.25, 0.3) is 0 Å². The number of rotatable bonds is 3. The molecule has 3 rings (SSSR count). The highest BCUT2D eigenvalue weighted by Gasteiger charge is 2.41. The Morgan fingerprint density at radius 3 is 2.48 bits per heavy atom. The molecule has 0 aromatic heterocycles. The summed E-state index contributed by atoms with van der Waals surface area (Å²) in [5.74, 6) is 0. The van der Waals surface area contributed by atoms with Crippen LogP contribution in [-0.2, 0) is 11.3 Å². The highest BCUT2D eigenvalue weighted by atomic mass is 16.6. The average molecular weight is 342 g/mol. The predicted molar refractivity (Wildman–Crippen MR) is 100 cm³/mol. The molecule has 1 aliphatic heterocycles. The SMILES string of the molecule is CC(C)(C)OC(=O)N1CCN(Cc2ccccc2)CC1(C)C=C1CC1.